The molecule has 0 aliphatic carbocycles. The Kier molecular flexibility index (Phi) is 47.1. The second-order valence-electron chi connectivity index (χ2n) is 28.2. The molecular formula is C80H76F24O30S10. The van der Waals surface area contributed by atoms with Crippen LogP contribution < -0.4 is 41.8 Å². The van der Waals surface area contributed by atoms with Gasteiger partial charge in [0.2, 0.25) is 5.75 Å². The molecule has 0 saturated heterocycles. The lowest BCUT2D eigenvalue weighted by Crippen LogP contribution is -2.14. The standard InChI is InChI=1S/4C8H6F4O3S.2C8H8F2O3S.4C8H9FO3S/c1-16(13,14)15-7-3-2-5(9)4-6(7)8(10,11)12;1-16(13,14)15-7-4-5(9)2-3-6(7)8(10,11)12;1-16(13,14)15-6-4-2-3-5(9)7(6)8(10,11)12;1-16(13,14)15-7-5(8(10,11)12)3-2-4-6(7)9;1-5-7(9)3-6(4-8(5)10)13-14(2,11)12;1-5-3-6(9)8(7(10)4-5)13-14(2,11)12;1-6-3-7(9)5-8(4-6)12-13(2,10)11;1-6-3-4-7(5-8(6)9)12-13(2,10)11;1-6-3-4-8(7(9)5-6)12-13(2,10)11;1-6-3-4-7(9)8(5-6)12-13(2,10)11/h4*2-4H,1H3;2*3-4H,1-2H3;4*3-5H,1-2H3. The first-order valence-corrected chi connectivity index (χ1v) is 55.0. The first-order chi connectivity index (χ1) is 64.5. The highest BCUT2D eigenvalue weighted by atomic mass is 32.3. The molecule has 0 aromatic heterocycles. The van der Waals surface area contributed by atoms with Crippen LogP contribution in [0.3, 0.4) is 0 Å². The SMILES string of the molecule is CS(=O)(=O)Oc1c(F)cccc1C(F)(F)F.CS(=O)(=O)Oc1cc(F)ccc1C(F)(F)F.CS(=O)(=O)Oc1ccc(F)cc1C(F)(F)F.CS(=O)(=O)Oc1cccc(F)c1C(F)(F)F.Cc1c(F)cc(OS(C)(=O)=O)cc1F.Cc1cc(F)c(OS(C)(=O)=O)c(F)c1.Cc1cc(F)cc(OS(C)(=O)=O)c1.Cc1ccc(F)c(OS(C)(=O)=O)c1.Cc1ccc(OS(C)(=O)=O)c(F)c1.Cc1ccc(OS(C)(=O)=O)cc1F. The zero-order valence-electron chi connectivity index (χ0n) is 75.6. The van der Waals surface area contributed by atoms with E-state index in [0.717, 1.165) is 97.5 Å². The highest BCUT2D eigenvalue weighted by molar-refractivity contribution is 7.88. The maximum atomic E-state index is 13.0. The Bertz CT molecular complexity index is 7320. The van der Waals surface area contributed by atoms with Crippen LogP contribution in [0, 0.1) is 111 Å². The van der Waals surface area contributed by atoms with Crippen molar-refractivity contribution in [1.29, 1.82) is 0 Å². The lowest BCUT2D eigenvalue weighted by atomic mass is 10.2. The maximum absolute atomic E-state index is 13.0. The molecule has 64 heteroatoms. The molecular weight excluding hydrogens is 2220 g/mol. The summed E-state index contributed by atoms with van der Waals surface area (Å²) in [5.41, 5.74) is -3.36. The van der Waals surface area contributed by atoms with E-state index in [1.807, 2.05) is 0 Å². The van der Waals surface area contributed by atoms with E-state index in [-0.39, 0.29) is 40.4 Å². The van der Waals surface area contributed by atoms with Gasteiger partial charge in [0.05, 0.1) is 68.1 Å². The third kappa shape index (κ3) is 54.6. The summed E-state index contributed by atoms with van der Waals surface area (Å²) in [7, 11) is -38.7. The van der Waals surface area contributed by atoms with E-state index in [4.69, 9.17) is 0 Å². The highest BCUT2D eigenvalue weighted by Crippen LogP contribution is 2.42. The van der Waals surface area contributed by atoms with Crippen molar-refractivity contribution in [3.8, 4) is 57.5 Å². The van der Waals surface area contributed by atoms with Crippen molar-refractivity contribution in [3.05, 3.63) is 295 Å². The molecule has 0 radical (unpaired) electrons. The van der Waals surface area contributed by atoms with Gasteiger partial charge in [0.25, 0.3) is 0 Å². The summed E-state index contributed by atoms with van der Waals surface area (Å²) in [4.78, 5) is 0. The van der Waals surface area contributed by atoms with E-state index in [2.05, 4.69) is 41.8 Å². The van der Waals surface area contributed by atoms with Gasteiger partial charge in [0.15, 0.2) is 63.6 Å². The van der Waals surface area contributed by atoms with Crippen LogP contribution in [-0.4, -0.2) is 147 Å². The van der Waals surface area contributed by atoms with Crippen molar-refractivity contribution in [2.45, 2.75) is 66.2 Å². The van der Waals surface area contributed by atoms with E-state index in [1.165, 1.54) is 62.4 Å². The molecule has 10 aromatic carbocycles. The van der Waals surface area contributed by atoms with E-state index in [9.17, 15) is 190 Å². The van der Waals surface area contributed by atoms with Crippen molar-refractivity contribution >= 4 is 101 Å². The highest BCUT2D eigenvalue weighted by Gasteiger charge is 2.41. The van der Waals surface area contributed by atoms with Crippen LogP contribution in [-0.2, 0) is 126 Å². The molecule has 0 atom stereocenters. The smallest absolute Gasteiger partial charge is 0.382 e. The zero-order chi connectivity index (χ0) is 112. The van der Waals surface area contributed by atoms with Crippen LogP contribution in [0.4, 0.5) is 105 Å². The summed E-state index contributed by atoms with van der Waals surface area (Å²) in [6.07, 6.45) is -12.3. The number of aryl methyl sites for hydroxylation is 5. The van der Waals surface area contributed by atoms with Crippen molar-refractivity contribution in [2.24, 2.45) is 0 Å². The van der Waals surface area contributed by atoms with Gasteiger partial charge < -0.3 is 41.8 Å². The minimum Gasteiger partial charge on any atom is -0.382 e. The summed E-state index contributed by atoms with van der Waals surface area (Å²) in [5, 5.41) is 0. The van der Waals surface area contributed by atoms with E-state index >= 15 is 0 Å². The first kappa shape index (κ1) is 130. The predicted molar refractivity (Wildman–Crippen MR) is 467 cm³/mol. The summed E-state index contributed by atoms with van der Waals surface area (Å²) < 4.78 is 559. The average molecular weight is 2290 g/mol. The normalized spacial score (nSPS) is 11.9. The lowest BCUT2D eigenvalue weighted by molar-refractivity contribution is -0.141. The van der Waals surface area contributed by atoms with Crippen LogP contribution in [0.1, 0.15) is 55.6 Å². The molecule has 144 heavy (non-hydrogen) atoms. The molecule has 0 fully saturated rings. The lowest BCUT2D eigenvalue weighted by Gasteiger charge is -2.12. The molecule has 0 bridgehead atoms. The van der Waals surface area contributed by atoms with Crippen molar-refractivity contribution in [1.82, 2.24) is 0 Å². The third-order valence-corrected chi connectivity index (χ3v) is 19.0. The number of para-hydroxylation sites is 1. The molecule has 0 unspecified atom stereocenters. The Labute approximate surface area is 809 Å². The Balaban J connectivity index is 0.000000801. The van der Waals surface area contributed by atoms with Gasteiger partial charge >= 0.3 is 126 Å². The van der Waals surface area contributed by atoms with Crippen LogP contribution in [0.5, 0.6) is 57.5 Å². The first-order valence-electron chi connectivity index (χ1n) is 36.9. The zero-order valence-corrected chi connectivity index (χ0v) is 83.7. The van der Waals surface area contributed by atoms with E-state index in [0.29, 0.717) is 102 Å². The fraction of sp³-hybridized carbons (Fsp3) is 0.250. The fourth-order valence-electron chi connectivity index (χ4n) is 9.06. The van der Waals surface area contributed by atoms with E-state index < -0.39 is 247 Å². The van der Waals surface area contributed by atoms with Gasteiger partial charge in [-0.2, -0.15) is 137 Å². The van der Waals surface area contributed by atoms with E-state index in [1.54, 1.807) is 33.8 Å². The summed E-state index contributed by atoms with van der Waals surface area (Å²) in [5.74, 6) is -17.5. The topological polar surface area (TPSA) is 434 Å². The second-order valence-corrected chi connectivity index (χ2v) is 43.9. The van der Waals surface area contributed by atoms with Crippen molar-refractivity contribution < 1.29 is 231 Å². The molecule has 10 rings (SSSR count). The number of hydrogen-bond acceptors (Lipinski definition) is 30. The third-order valence-electron chi connectivity index (χ3n) is 14.2. The summed E-state index contributed by atoms with van der Waals surface area (Å²) >= 11 is 0. The van der Waals surface area contributed by atoms with Gasteiger partial charge in [-0.25, -0.2) is 52.7 Å². The van der Waals surface area contributed by atoms with Crippen molar-refractivity contribution in [3.63, 3.8) is 0 Å². The molecule has 804 valence electrons. The van der Waals surface area contributed by atoms with Crippen molar-refractivity contribution in [2.75, 3.05) is 62.6 Å². The van der Waals surface area contributed by atoms with Crippen LogP contribution in [0.15, 0.2) is 170 Å². The van der Waals surface area contributed by atoms with Gasteiger partial charge in [-0.15, -0.1) is 0 Å². The second kappa shape index (κ2) is 52.2. The Morgan fingerprint density at radius 2 is 0.556 bits per heavy atom. The molecule has 0 amide bonds. The monoisotopic (exact) mass is 2290 g/mol. The van der Waals surface area contributed by atoms with Gasteiger partial charge in [-0.3, -0.25) is 0 Å². The molecule has 0 aliphatic heterocycles. The van der Waals surface area contributed by atoms with Gasteiger partial charge in [0, 0.05) is 35.9 Å². The summed E-state index contributed by atoms with van der Waals surface area (Å²) in [6.45, 7) is 9.38. The predicted octanol–water partition coefficient (Wildman–Crippen LogP) is 17.8. The molecule has 30 nitrogen and oxygen atoms in total. The molecule has 0 N–H and O–H groups in total. The molecule has 0 saturated carbocycles. The summed E-state index contributed by atoms with van der Waals surface area (Å²) in [6, 6.07) is 26.4. The maximum Gasteiger partial charge on any atom is 0.422 e. The van der Waals surface area contributed by atoms with Gasteiger partial charge in [-0.05, 0) is 179 Å². The number of benzene rings is 10. The molecule has 10 aromatic rings. The number of rotatable bonds is 20. The van der Waals surface area contributed by atoms with Gasteiger partial charge in [0.1, 0.15) is 74.7 Å². The average Bonchev–Trinajstić information content (AvgIpc) is 0.800. The Morgan fingerprint density at radius 1 is 0.201 bits per heavy atom. The largest absolute Gasteiger partial charge is 0.422 e. The number of alkyl halides is 12. The Morgan fingerprint density at radius 3 is 0.986 bits per heavy atom. The van der Waals surface area contributed by atoms with Crippen LogP contribution >= 0.6 is 0 Å². The molecule has 0 spiro atoms. The Hall–Kier alpha value is -12.0. The van der Waals surface area contributed by atoms with Crippen LogP contribution in [0.2, 0.25) is 0 Å². The molecule has 0 heterocycles. The minimum atomic E-state index is -5.02. The number of halogens is 24. The quantitative estimate of drug-likeness (QED) is 0.0505. The molecule has 0 aliphatic rings. The van der Waals surface area contributed by atoms with Crippen LogP contribution in [0.25, 0.3) is 0 Å². The van der Waals surface area contributed by atoms with Gasteiger partial charge in [-0.1, -0.05) is 30.3 Å². The minimum absolute atomic E-state index is 0.000000000000000444. The number of hydrogen-bond donors (Lipinski definition) is 0. The fourth-order valence-corrected chi connectivity index (χ4v) is 13.7.